The second-order valence-electron chi connectivity index (χ2n) is 6.66. The molecule has 0 bridgehead atoms. The van der Waals surface area contributed by atoms with E-state index >= 15 is 0 Å². The lowest BCUT2D eigenvalue weighted by molar-refractivity contribution is -0.132. The number of nitrogens with zero attached hydrogens (tertiary/aromatic N) is 4. The summed E-state index contributed by atoms with van der Waals surface area (Å²) in [5.41, 5.74) is 1.55. The molecule has 0 radical (unpaired) electrons. The maximum absolute atomic E-state index is 12.8. The number of hydrogen-bond donors (Lipinski definition) is 1. The number of hydrogen-bond acceptors (Lipinski definition) is 4. The topological polar surface area (TPSA) is 82.2 Å². The highest BCUT2D eigenvalue weighted by Gasteiger charge is 2.34. The van der Waals surface area contributed by atoms with Crippen LogP contribution in [0.25, 0.3) is 11.4 Å². The van der Waals surface area contributed by atoms with Gasteiger partial charge in [0.15, 0.2) is 5.82 Å². The number of carbonyl (C=O) groups excluding carboxylic acids is 2. The van der Waals surface area contributed by atoms with Gasteiger partial charge < -0.3 is 9.80 Å². The molecule has 2 aliphatic rings. The first-order valence-corrected chi connectivity index (χ1v) is 8.76. The van der Waals surface area contributed by atoms with Gasteiger partial charge in [-0.3, -0.25) is 14.7 Å². The van der Waals surface area contributed by atoms with Crippen molar-refractivity contribution in [3.8, 4) is 11.4 Å². The Morgan fingerprint density at radius 1 is 1.00 bits per heavy atom. The van der Waals surface area contributed by atoms with Gasteiger partial charge >= 0.3 is 0 Å². The summed E-state index contributed by atoms with van der Waals surface area (Å²) in [4.78, 5) is 32.9. The van der Waals surface area contributed by atoms with Gasteiger partial charge in [-0.2, -0.15) is 5.10 Å². The second kappa shape index (κ2) is 6.66. The van der Waals surface area contributed by atoms with Crippen LogP contribution in [0.15, 0.2) is 30.6 Å². The largest absolute Gasteiger partial charge is 0.341 e. The molecule has 0 spiro atoms. The third-order valence-electron chi connectivity index (χ3n) is 4.84. The first-order chi connectivity index (χ1) is 12.2. The summed E-state index contributed by atoms with van der Waals surface area (Å²) in [5.74, 6) is 1.21. The molecule has 1 aliphatic carbocycles. The summed E-state index contributed by atoms with van der Waals surface area (Å²) in [5, 5.41) is 6.64. The number of carbonyl (C=O) groups is 2. The van der Waals surface area contributed by atoms with Gasteiger partial charge in [-0.1, -0.05) is 12.1 Å². The fourth-order valence-electron chi connectivity index (χ4n) is 3.23. The molecule has 2 heterocycles. The minimum absolute atomic E-state index is 0.0184. The predicted octanol–water partition coefficient (Wildman–Crippen LogP) is 1.56. The quantitative estimate of drug-likeness (QED) is 0.920. The molecule has 1 saturated carbocycles. The Hall–Kier alpha value is -2.70. The fraction of sp³-hybridized carbons (Fsp3) is 0.444. The van der Waals surface area contributed by atoms with E-state index in [1.54, 1.807) is 0 Å². The van der Waals surface area contributed by atoms with E-state index in [-0.39, 0.29) is 17.7 Å². The first-order valence-electron chi connectivity index (χ1n) is 8.76. The average Bonchev–Trinajstić information content (AvgIpc) is 3.41. The molecular weight excluding hydrogens is 318 g/mol. The summed E-state index contributed by atoms with van der Waals surface area (Å²) in [6.07, 6.45) is 4.34. The number of rotatable bonds is 3. The Bertz CT molecular complexity index is 752. The van der Waals surface area contributed by atoms with E-state index in [2.05, 4.69) is 15.2 Å². The summed E-state index contributed by atoms with van der Waals surface area (Å²) in [6.45, 7) is 2.68. The molecule has 1 aromatic heterocycles. The van der Waals surface area contributed by atoms with E-state index in [4.69, 9.17) is 0 Å². The average molecular weight is 339 g/mol. The van der Waals surface area contributed by atoms with Crippen LogP contribution in [0.4, 0.5) is 0 Å². The van der Waals surface area contributed by atoms with Crippen molar-refractivity contribution in [2.45, 2.75) is 19.3 Å². The molecule has 2 fully saturated rings. The summed E-state index contributed by atoms with van der Waals surface area (Å²) in [6, 6.07) is 7.37. The van der Waals surface area contributed by atoms with Crippen molar-refractivity contribution in [2.24, 2.45) is 5.92 Å². The standard InChI is InChI=1S/C18H21N5O2/c24-17(14-4-2-13(3-5-14)16-19-12-20-21-16)22-8-1-9-23(11-10-22)18(25)15-6-7-15/h2-5,12,15H,1,6-11H2,(H,19,20,21). The lowest BCUT2D eigenvalue weighted by Crippen LogP contribution is -2.37. The van der Waals surface area contributed by atoms with Crippen LogP contribution in [0.1, 0.15) is 29.6 Å². The van der Waals surface area contributed by atoms with Gasteiger partial charge in [-0.25, -0.2) is 4.98 Å². The molecule has 2 aromatic rings. The molecule has 4 rings (SSSR count). The minimum Gasteiger partial charge on any atom is -0.341 e. The van der Waals surface area contributed by atoms with Gasteiger partial charge in [-0.15, -0.1) is 0 Å². The maximum atomic E-state index is 12.8. The van der Waals surface area contributed by atoms with Gasteiger partial charge in [0, 0.05) is 43.2 Å². The SMILES string of the molecule is O=C(c1ccc(-c2ncn[nH]2)cc1)N1CCCN(C(=O)C2CC2)CC1. The molecule has 1 aliphatic heterocycles. The normalized spacial score (nSPS) is 18.1. The number of amides is 2. The van der Waals surface area contributed by atoms with Crippen molar-refractivity contribution in [3.63, 3.8) is 0 Å². The third kappa shape index (κ3) is 3.40. The van der Waals surface area contributed by atoms with Gasteiger partial charge in [0.1, 0.15) is 6.33 Å². The van der Waals surface area contributed by atoms with E-state index < -0.39 is 0 Å². The van der Waals surface area contributed by atoms with E-state index in [1.807, 2.05) is 34.1 Å². The highest BCUT2D eigenvalue weighted by molar-refractivity contribution is 5.94. The number of aromatic nitrogens is 3. The van der Waals surface area contributed by atoms with Gasteiger partial charge in [0.2, 0.25) is 5.91 Å². The first kappa shape index (κ1) is 15.8. The Balaban J connectivity index is 1.41. The molecule has 7 nitrogen and oxygen atoms in total. The zero-order chi connectivity index (χ0) is 17.2. The van der Waals surface area contributed by atoms with Crippen LogP contribution in [0.2, 0.25) is 0 Å². The highest BCUT2D eigenvalue weighted by atomic mass is 16.2. The van der Waals surface area contributed by atoms with Crippen molar-refractivity contribution in [1.29, 1.82) is 0 Å². The molecule has 1 aromatic carbocycles. The van der Waals surface area contributed by atoms with Crippen LogP contribution >= 0.6 is 0 Å². The number of H-pyrrole nitrogens is 1. The van der Waals surface area contributed by atoms with Crippen LogP contribution < -0.4 is 0 Å². The Kier molecular flexibility index (Phi) is 4.21. The fourth-order valence-corrected chi connectivity index (χ4v) is 3.23. The van der Waals surface area contributed by atoms with Crippen LogP contribution in [0.3, 0.4) is 0 Å². The van der Waals surface area contributed by atoms with E-state index in [1.165, 1.54) is 6.33 Å². The van der Waals surface area contributed by atoms with Crippen LogP contribution in [-0.2, 0) is 4.79 Å². The molecule has 2 amide bonds. The van der Waals surface area contributed by atoms with Crippen molar-refractivity contribution in [2.75, 3.05) is 26.2 Å². The molecule has 130 valence electrons. The van der Waals surface area contributed by atoms with Crippen molar-refractivity contribution in [3.05, 3.63) is 36.2 Å². The maximum Gasteiger partial charge on any atom is 0.253 e. The molecule has 25 heavy (non-hydrogen) atoms. The third-order valence-corrected chi connectivity index (χ3v) is 4.84. The summed E-state index contributed by atoms with van der Waals surface area (Å²) < 4.78 is 0. The molecule has 0 unspecified atom stereocenters. The van der Waals surface area contributed by atoms with Crippen molar-refractivity contribution in [1.82, 2.24) is 25.0 Å². The number of aromatic amines is 1. The summed E-state index contributed by atoms with van der Waals surface area (Å²) >= 11 is 0. The highest BCUT2D eigenvalue weighted by Crippen LogP contribution is 2.31. The van der Waals surface area contributed by atoms with Gasteiger partial charge in [0.25, 0.3) is 5.91 Å². The van der Waals surface area contributed by atoms with E-state index in [0.717, 1.165) is 31.4 Å². The molecular formula is C18H21N5O2. The second-order valence-corrected chi connectivity index (χ2v) is 6.66. The Morgan fingerprint density at radius 3 is 2.40 bits per heavy atom. The van der Waals surface area contributed by atoms with Crippen molar-refractivity contribution < 1.29 is 9.59 Å². The number of nitrogens with one attached hydrogen (secondary N) is 1. The molecule has 1 N–H and O–H groups in total. The lowest BCUT2D eigenvalue weighted by atomic mass is 10.1. The molecule has 7 heteroatoms. The van der Waals surface area contributed by atoms with E-state index in [0.29, 0.717) is 31.0 Å². The van der Waals surface area contributed by atoms with Crippen LogP contribution in [-0.4, -0.2) is 63.0 Å². The Morgan fingerprint density at radius 2 is 1.72 bits per heavy atom. The lowest BCUT2D eigenvalue weighted by Gasteiger charge is -2.22. The van der Waals surface area contributed by atoms with Crippen LogP contribution in [0, 0.1) is 5.92 Å². The molecule has 1 saturated heterocycles. The smallest absolute Gasteiger partial charge is 0.253 e. The van der Waals surface area contributed by atoms with Gasteiger partial charge in [-0.05, 0) is 31.4 Å². The zero-order valence-electron chi connectivity index (χ0n) is 14.0. The van der Waals surface area contributed by atoms with Crippen LogP contribution in [0.5, 0.6) is 0 Å². The number of benzene rings is 1. The van der Waals surface area contributed by atoms with E-state index in [9.17, 15) is 9.59 Å². The zero-order valence-corrected chi connectivity index (χ0v) is 14.0. The minimum atomic E-state index is 0.0184. The summed E-state index contributed by atoms with van der Waals surface area (Å²) in [7, 11) is 0. The predicted molar refractivity (Wildman–Crippen MR) is 91.6 cm³/mol. The monoisotopic (exact) mass is 339 g/mol. The van der Waals surface area contributed by atoms with Crippen molar-refractivity contribution >= 4 is 11.8 Å². The Labute approximate surface area is 146 Å². The van der Waals surface area contributed by atoms with Gasteiger partial charge in [0.05, 0.1) is 0 Å². The molecule has 0 atom stereocenters.